The molecule has 1 unspecified atom stereocenters. The van der Waals surface area contributed by atoms with Crippen LogP contribution in [0.15, 0.2) is 42.6 Å². The van der Waals surface area contributed by atoms with E-state index >= 15 is 0 Å². The van der Waals surface area contributed by atoms with Crippen LogP contribution in [0, 0.1) is 0 Å². The lowest BCUT2D eigenvalue weighted by Gasteiger charge is -2.25. The molecule has 3 rings (SSSR count). The highest BCUT2D eigenvalue weighted by atomic mass is 19.4. The first kappa shape index (κ1) is 19.4. The summed E-state index contributed by atoms with van der Waals surface area (Å²) in [4.78, 5) is 17.5. The Bertz CT molecular complexity index is 793. The molecule has 1 amide bonds. The molecule has 0 saturated carbocycles. The maximum absolute atomic E-state index is 13.5. The molecular formula is C20H22F3N3O. The molecule has 1 aliphatic rings. The average Bonchev–Trinajstić information content (AvgIpc) is 3.08. The fourth-order valence-corrected chi connectivity index (χ4v) is 3.47. The van der Waals surface area contributed by atoms with Crippen molar-refractivity contribution in [2.45, 2.75) is 45.1 Å². The molecule has 2 heterocycles. The molecule has 1 aromatic carbocycles. The zero-order chi connectivity index (χ0) is 19.4. The Hall–Kier alpha value is -2.41. The van der Waals surface area contributed by atoms with E-state index in [-0.39, 0.29) is 24.1 Å². The van der Waals surface area contributed by atoms with E-state index in [1.165, 1.54) is 13.1 Å². The predicted molar refractivity (Wildman–Crippen MR) is 95.6 cm³/mol. The van der Waals surface area contributed by atoms with Crippen molar-refractivity contribution in [2.75, 3.05) is 6.54 Å². The van der Waals surface area contributed by atoms with Crippen LogP contribution in [0.4, 0.5) is 13.2 Å². The van der Waals surface area contributed by atoms with E-state index < -0.39 is 11.7 Å². The molecule has 4 nitrogen and oxygen atoms in total. The standard InChI is InChI=1S/C20H22F3N3O/c1-14(27)24-11-16-12-25-18(10-17(16)20(21,22)23)19-8-5-9-26(19)13-15-6-3-2-4-7-15/h2-4,6-7,10,12,19H,5,8-9,11,13H2,1H3,(H,24,27). The third kappa shape index (κ3) is 4.86. The summed E-state index contributed by atoms with van der Waals surface area (Å²) in [6.45, 7) is 2.60. The Morgan fingerprint density at radius 2 is 2.04 bits per heavy atom. The molecule has 0 radical (unpaired) electrons. The number of halogens is 3. The Kier molecular flexibility index (Phi) is 5.79. The molecule has 27 heavy (non-hydrogen) atoms. The van der Waals surface area contributed by atoms with Crippen LogP contribution >= 0.6 is 0 Å². The Balaban J connectivity index is 1.85. The summed E-state index contributed by atoms with van der Waals surface area (Å²) in [5.41, 5.74) is 0.812. The highest BCUT2D eigenvalue weighted by molar-refractivity contribution is 5.72. The van der Waals surface area contributed by atoms with E-state index in [2.05, 4.69) is 15.2 Å². The predicted octanol–water partition coefficient (Wildman–Crippen LogP) is 4.07. The van der Waals surface area contributed by atoms with Gasteiger partial charge in [-0.2, -0.15) is 13.2 Å². The largest absolute Gasteiger partial charge is 0.416 e. The van der Waals surface area contributed by atoms with Crippen molar-refractivity contribution in [3.05, 3.63) is 65.0 Å². The highest BCUT2D eigenvalue weighted by Gasteiger charge is 2.36. The van der Waals surface area contributed by atoms with Crippen LogP contribution in [-0.2, 0) is 24.1 Å². The third-order valence-corrected chi connectivity index (χ3v) is 4.77. The van der Waals surface area contributed by atoms with Crippen molar-refractivity contribution in [3.8, 4) is 0 Å². The summed E-state index contributed by atoms with van der Waals surface area (Å²) in [6, 6.07) is 10.9. The van der Waals surface area contributed by atoms with E-state index in [0.29, 0.717) is 12.2 Å². The lowest BCUT2D eigenvalue weighted by Crippen LogP contribution is -2.25. The van der Waals surface area contributed by atoms with E-state index in [9.17, 15) is 18.0 Å². The second-order valence-electron chi connectivity index (χ2n) is 6.79. The van der Waals surface area contributed by atoms with Crippen molar-refractivity contribution in [1.29, 1.82) is 0 Å². The van der Waals surface area contributed by atoms with Gasteiger partial charge in [-0.3, -0.25) is 14.7 Å². The number of nitrogens with zero attached hydrogens (tertiary/aromatic N) is 2. The van der Waals surface area contributed by atoms with E-state index in [1.807, 2.05) is 30.3 Å². The molecule has 1 N–H and O–H groups in total. The topological polar surface area (TPSA) is 45.2 Å². The molecule has 1 saturated heterocycles. The van der Waals surface area contributed by atoms with Crippen LogP contribution in [0.1, 0.15) is 48.2 Å². The monoisotopic (exact) mass is 377 g/mol. The summed E-state index contributed by atoms with van der Waals surface area (Å²) < 4.78 is 40.6. The highest BCUT2D eigenvalue weighted by Crippen LogP contribution is 2.37. The number of carbonyl (C=O) groups is 1. The summed E-state index contributed by atoms with van der Waals surface area (Å²) in [5, 5.41) is 2.42. The van der Waals surface area contributed by atoms with Crippen LogP contribution in [-0.4, -0.2) is 22.3 Å². The number of nitrogens with one attached hydrogen (secondary N) is 1. The number of benzene rings is 1. The van der Waals surface area contributed by atoms with Crippen LogP contribution in [0.5, 0.6) is 0 Å². The number of alkyl halides is 3. The second kappa shape index (κ2) is 8.08. The van der Waals surface area contributed by atoms with Gasteiger partial charge in [-0.15, -0.1) is 0 Å². The Morgan fingerprint density at radius 1 is 1.30 bits per heavy atom. The maximum Gasteiger partial charge on any atom is 0.416 e. The first-order valence-electron chi connectivity index (χ1n) is 8.93. The van der Waals surface area contributed by atoms with E-state index in [1.54, 1.807) is 0 Å². The molecule has 1 aliphatic heterocycles. The lowest BCUT2D eigenvalue weighted by atomic mass is 10.0. The van der Waals surface area contributed by atoms with E-state index in [0.717, 1.165) is 31.0 Å². The molecule has 0 bridgehead atoms. The van der Waals surface area contributed by atoms with Gasteiger partial charge in [0, 0.05) is 31.8 Å². The molecular weight excluding hydrogens is 355 g/mol. The smallest absolute Gasteiger partial charge is 0.352 e. The molecule has 1 atom stereocenters. The van der Waals surface area contributed by atoms with Gasteiger partial charge in [0.15, 0.2) is 0 Å². The van der Waals surface area contributed by atoms with Gasteiger partial charge in [0.25, 0.3) is 0 Å². The maximum atomic E-state index is 13.5. The molecule has 0 aliphatic carbocycles. The van der Waals surface area contributed by atoms with Gasteiger partial charge in [0.2, 0.25) is 5.91 Å². The normalized spacial score (nSPS) is 17.9. The number of amides is 1. The van der Waals surface area contributed by atoms with Gasteiger partial charge in [-0.05, 0) is 31.0 Å². The van der Waals surface area contributed by atoms with Gasteiger partial charge in [0.1, 0.15) is 0 Å². The average molecular weight is 377 g/mol. The summed E-state index contributed by atoms with van der Waals surface area (Å²) >= 11 is 0. The number of carbonyl (C=O) groups excluding carboxylic acids is 1. The third-order valence-electron chi connectivity index (χ3n) is 4.77. The molecule has 144 valence electrons. The fraction of sp³-hybridized carbons (Fsp3) is 0.400. The molecule has 0 spiro atoms. The van der Waals surface area contributed by atoms with Crippen LogP contribution in [0.3, 0.4) is 0 Å². The molecule has 1 aromatic heterocycles. The number of hydrogen-bond acceptors (Lipinski definition) is 3. The van der Waals surface area contributed by atoms with Gasteiger partial charge in [0.05, 0.1) is 17.3 Å². The first-order valence-corrected chi connectivity index (χ1v) is 8.93. The molecule has 2 aromatic rings. The van der Waals surface area contributed by atoms with Crippen molar-refractivity contribution in [3.63, 3.8) is 0 Å². The quantitative estimate of drug-likeness (QED) is 0.854. The zero-order valence-corrected chi connectivity index (χ0v) is 15.1. The van der Waals surface area contributed by atoms with Gasteiger partial charge in [-0.25, -0.2) is 0 Å². The van der Waals surface area contributed by atoms with E-state index in [4.69, 9.17) is 0 Å². The first-order chi connectivity index (χ1) is 12.8. The van der Waals surface area contributed by atoms with Gasteiger partial charge < -0.3 is 5.32 Å². The minimum atomic E-state index is -4.49. The number of aromatic nitrogens is 1. The van der Waals surface area contributed by atoms with Crippen LogP contribution in [0.2, 0.25) is 0 Å². The summed E-state index contributed by atoms with van der Waals surface area (Å²) in [6.07, 6.45) is -1.54. The van der Waals surface area contributed by atoms with Crippen molar-refractivity contribution >= 4 is 5.91 Å². The van der Waals surface area contributed by atoms with Crippen LogP contribution in [0.25, 0.3) is 0 Å². The van der Waals surface area contributed by atoms with Crippen molar-refractivity contribution in [2.24, 2.45) is 0 Å². The summed E-state index contributed by atoms with van der Waals surface area (Å²) in [7, 11) is 0. The Labute approximate surface area is 156 Å². The number of pyridine rings is 1. The van der Waals surface area contributed by atoms with Gasteiger partial charge in [-0.1, -0.05) is 30.3 Å². The van der Waals surface area contributed by atoms with Crippen LogP contribution < -0.4 is 5.32 Å². The van der Waals surface area contributed by atoms with Gasteiger partial charge >= 0.3 is 6.18 Å². The minimum absolute atomic E-state index is 0.0194. The zero-order valence-electron chi connectivity index (χ0n) is 15.1. The van der Waals surface area contributed by atoms with Crippen molar-refractivity contribution < 1.29 is 18.0 Å². The fourth-order valence-electron chi connectivity index (χ4n) is 3.47. The number of rotatable bonds is 5. The summed E-state index contributed by atoms with van der Waals surface area (Å²) in [5.74, 6) is -0.378. The second-order valence-corrected chi connectivity index (χ2v) is 6.79. The molecule has 1 fully saturated rings. The number of hydrogen-bond donors (Lipinski definition) is 1. The minimum Gasteiger partial charge on any atom is -0.352 e. The lowest BCUT2D eigenvalue weighted by molar-refractivity contribution is -0.138. The SMILES string of the molecule is CC(=O)NCc1cnc(C2CCCN2Cc2ccccc2)cc1C(F)(F)F. The van der Waals surface area contributed by atoms with Crippen molar-refractivity contribution in [1.82, 2.24) is 15.2 Å². The molecule has 7 heteroatoms. The Morgan fingerprint density at radius 3 is 2.70 bits per heavy atom. The number of likely N-dealkylation sites (tertiary alicyclic amines) is 1.